The van der Waals surface area contributed by atoms with Gasteiger partial charge in [0.2, 0.25) is 0 Å². The minimum absolute atomic E-state index is 0. The van der Waals surface area contributed by atoms with Crippen LogP contribution in [0.2, 0.25) is 23.4 Å². The van der Waals surface area contributed by atoms with Crippen LogP contribution in [0.3, 0.4) is 0 Å². The summed E-state index contributed by atoms with van der Waals surface area (Å²) >= 11 is 2.34. The van der Waals surface area contributed by atoms with Crippen LogP contribution in [0.4, 0.5) is 0 Å². The van der Waals surface area contributed by atoms with E-state index in [2.05, 4.69) is 88.6 Å². The van der Waals surface area contributed by atoms with Gasteiger partial charge in [-0.25, -0.2) is 0 Å². The van der Waals surface area contributed by atoms with E-state index < -0.39 is 8.07 Å². The second-order valence-electron chi connectivity index (χ2n) is 5.89. The van der Waals surface area contributed by atoms with E-state index in [0.717, 1.165) is 6.42 Å². The summed E-state index contributed by atoms with van der Waals surface area (Å²) in [6.45, 7) is 7.24. The third-order valence-electron chi connectivity index (χ3n) is 3.18. The van der Waals surface area contributed by atoms with E-state index in [-0.39, 0.29) is 40.9 Å². The topological polar surface area (TPSA) is 0 Å². The van der Waals surface area contributed by atoms with E-state index in [0.29, 0.717) is 0 Å². The van der Waals surface area contributed by atoms with Crippen molar-refractivity contribution in [3.63, 3.8) is 0 Å². The molecule has 0 saturated heterocycles. The molecule has 0 fully saturated rings. The SMILES string of the molecule is C[Si](C)(C)C1=C[C]([Ti+3])(Cc2ccccc2)C=C1.[Cl-].[Cl-].[Cl-]. The normalized spacial score (nSPS) is 20.4. The summed E-state index contributed by atoms with van der Waals surface area (Å²) in [4.78, 5) is 0. The van der Waals surface area contributed by atoms with Crippen molar-refractivity contribution in [1.29, 1.82) is 0 Å². The van der Waals surface area contributed by atoms with Crippen molar-refractivity contribution in [3.05, 3.63) is 59.3 Å². The molecule has 5 heteroatoms. The fraction of sp³-hybridized carbons (Fsp3) is 0.333. The van der Waals surface area contributed by atoms with E-state index >= 15 is 0 Å². The smallest absolute Gasteiger partial charge is 1.00 e. The fourth-order valence-corrected chi connectivity index (χ4v) is 4.31. The molecule has 1 aromatic rings. The first kappa shape index (κ1) is 22.8. The first-order chi connectivity index (χ1) is 7.89. The number of benzene rings is 1. The molecule has 1 aromatic carbocycles. The van der Waals surface area contributed by atoms with Gasteiger partial charge in [0, 0.05) is 0 Å². The van der Waals surface area contributed by atoms with Gasteiger partial charge < -0.3 is 37.2 Å². The molecule has 108 valence electrons. The zero-order chi connectivity index (χ0) is 12.5. The molecule has 2 rings (SSSR count). The van der Waals surface area contributed by atoms with Crippen LogP contribution in [0.15, 0.2) is 53.8 Å². The van der Waals surface area contributed by atoms with Crippen LogP contribution in [0, 0.1) is 0 Å². The summed E-state index contributed by atoms with van der Waals surface area (Å²) in [7, 11) is -1.16. The van der Waals surface area contributed by atoms with Crippen LogP contribution in [0.1, 0.15) is 5.56 Å². The van der Waals surface area contributed by atoms with Crippen molar-refractivity contribution in [3.8, 4) is 0 Å². The van der Waals surface area contributed by atoms with E-state index in [1.165, 1.54) is 5.56 Å². The number of rotatable bonds is 3. The fourth-order valence-electron chi connectivity index (χ4n) is 2.12. The van der Waals surface area contributed by atoms with Gasteiger partial charge in [-0.05, 0) is 0 Å². The Morgan fingerprint density at radius 3 is 2.00 bits per heavy atom. The number of allylic oxidation sites excluding steroid dienone is 4. The Morgan fingerprint density at radius 1 is 1.00 bits per heavy atom. The maximum absolute atomic E-state index is 2.49. The van der Waals surface area contributed by atoms with E-state index in [4.69, 9.17) is 0 Å². The molecular formula is C15H19Cl3SiTi. The number of halogens is 3. The largest absolute Gasteiger partial charge is 1.00 e. The predicted octanol–water partition coefficient (Wildman–Crippen LogP) is -4.68. The van der Waals surface area contributed by atoms with Crippen LogP contribution >= 0.6 is 0 Å². The standard InChI is InChI=1S/C15H19Si.3ClH.Ti/c1-16(2,3)15-10-9-14(12-15)11-13-7-5-4-6-8-13;;;;/h4-10,12H,11H2,1-3H3;3*1H;/q;;;;+3/p-3. The molecule has 0 N–H and O–H groups in total. The Bertz CT molecular complexity index is 466. The van der Waals surface area contributed by atoms with Crippen LogP contribution in [-0.2, 0) is 26.9 Å². The molecule has 0 aliphatic heterocycles. The minimum Gasteiger partial charge on any atom is -1.00 e. The van der Waals surface area contributed by atoms with E-state index in [9.17, 15) is 0 Å². The summed E-state index contributed by atoms with van der Waals surface area (Å²) < 4.78 is 0.219. The molecular weight excluding hydrogens is 362 g/mol. The second-order valence-corrected chi connectivity index (χ2v) is 12.4. The van der Waals surface area contributed by atoms with Crippen molar-refractivity contribution < 1.29 is 57.7 Å². The Morgan fingerprint density at radius 2 is 1.55 bits per heavy atom. The van der Waals surface area contributed by atoms with Crippen LogP contribution in [0.5, 0.6) is 0 Å². The summed E-state index contributed by atoms with van der Waals surface area (Å²) in [5.74, 6) is 0. The zero-order valence-electron chi connectivity index (χ0n) is 12.0. The maximum atomic E-state index is 2.49. The molecule has 20 heavy (non-hydrogen) atoms. The van der Waals surface area contributed by atoms with Gasteiger partial charge in [-0.3, -0.25) is 0 Å². The minimum atomic E-state index is -1.16. The molecule has 1 unspecified atom stereocenters. The predicted molar refractivity (Wildman–Crippen MR) is 73.4 cm³/mol. The average molecular weight is 382 g/mol. The van der Waals surface area contributed by atoms with Gasteiger partial charge in [0.05, 0.1) is 0 Å². The van der Waals surface area contributed by atoms with Gasteiger partial charge in [0.1, 0.15) is 0 Å². The third kappa shape index (κ3) is 6.09. The Hall–Kier alpha value is 0.501. The number of hydrogen-bond acceptors (Lipinski definition) is 0. The van der Waals surface area contributed by atoms with Gasteiger partial charge >= 0.3 is 118 Å². The number of hydrogen-bond donors (Lipinski definition) is 0. The molecule has 0 bridgehead atoms. The molecule has 0 saturated carbocycles. The Kier molecular flexibility index (Phi) is 10.1. The van der Waals surface area contributed by atoms with Gasteiger partial charge in [-0.15, -0.1) is 0 Å². The van der Waals surface area contributed by atoms with E-state index in [1.807, 2.05) is 0 Å². The van der Waals surface area contributed by atoms with Crippen LogP contribution in [0.25, 0.3) is 0 Å². The molecule has 0 amide bonds. The van der Waals surface area contributed by atoms with Crippen LogP contribution < -0.4 is 37.2 Å². The van der Waals surface area contributed by atoms with Gasteiger partial charge in [-0.2, -0.15) is 0 Å². The van der Waals surface area contributed by atoms with Crippen molar-refractivity contribution >= 4 is 8.07 Å². The molecule has 0 radical (unpaired) electrons. The monoisotopic (exact) mass is 380 g/mol. The van der Waals surface area contributed by atoms with Crippen LogP contribution in [-0.4, -0.2) is 8.07 Å². The quantitative estimate of drug-likeness (QED) is 0.462. The van der Waals surface area contributed by atoms with Gasteiger partial charge in [-0.1, -0.05) is 0 Å². The molecule has 1 aliphatic rings. The molecule has 1 atom stereocenters. The summed E-state index contributed by atoms with van der Waals surface area (Å²) in [6.07, 6.45) is 8.34. The third-order valence-corrected chi connectivity index (χ3v) is 5.98. The molecule has 0 nitrogen and oxygen atoms in total. The molecule has 1 aliphatic carbocycles. The van der Waals surface area contributed by atoms with Gasteiger partial charge in [0.15, 0.2) is 0 Å². The Labute approximate surface area is 154 Å². The van der Waals surface area contributed by atoms with Gasteiger partial charge in [0.25, 0.3) is 0 Å². The molecule has 0 spiro atoms. The summed E-state index contributed by atoms with van der Waals surface area (Å²) in [5.41, 5.74) is 1.42. The summed E-state index contributed by atoms with van der Waals surface area (Å²) in [6, 6.07) is 10.8. The first-order valence-corrected chi connectivity index (χ1v) is 10.4. The summed E-state index contributed by atoms with van der Waals surface area (Å²) in [5, 5.41) is 1.59. The maximum Gasteiger partial charge on any atom is -1.00 e. The van der Waals surface area contributed by atoms with Crippen molar-refractivity contribution in [2.45, 2.75) is 29.8 Å². The molecule has 0 aromatic heterocycles. The first-order valence-electron chi connectivity index (χ1n) is 6.11. The average Bonchev–Trinajstić information content (AvgIpc) is 2.62. The van der Waals surface area contributed by atoms with Crippen molar-refractivity contribution in [2.75, 3.05) is 0 Å². The van der Waals surface area contributed by atoms with E-state index in [1.54, 1.807) is 5.20 Å². The molecule has 0 heterocycles. The van der Waals surface area contributed by atoms with Crippen molar-refractivity contribution in [2.24, 2.45) is 0 Å². The van der Waals surface area contributed by atoms with Crippen molar-refractivity contribution in [1.82, 2.24) is 0 Å². The second kappa shape index (κ2) is 8.83. The Balaban J connectivity index is 0. The zero-order valence-corrected chi connectivity index (χ0v) is 16.8.